The lowest BCUT2D eigenvalue weighted by Crippen LogP contribution is -2.21. The summed E-state index contributed by atoms with van der Waals surface area (Å²) in [5.74, 6) is -2.90. The highest BCUT2D eigenvalue weighted by Gasteiger charge is 2.38. The van der Waals surface area contributed by atoms with Crippen LogP contribution in [-0.4, -0.2) is 37.8 Å². The predicted octanol–water partition coefficient (Wildman–Crippen LogP) is 5.54. The molecule has 0 amide bonds. The van der Waals surface area contributed by atoms with E-state index in [4.69, 9.17) is 32.6 Å². The van der Waals surface area contributed by atoms with Gasteiger partial charge in [0.1, 0.15) is 5.84 Å². The molecule has 0 saturated carbocycles. The summed E-state index contributed by atoms with van der Waals surface area (Å²) < 4.78 is 58.7. The second-order valence-corrected chi connectivity index (χ2v) is 10.6. The zero-order valence-corrected chi connectivity index (χ0v) is 19.9. The summed E-state index contributed by atoms with van der Waals surface area (Å²) in [4.78, 5) is 9.69. The highest BCUT2D eigenvalue weighted by atomic mass is 35.5. The van der Waals surface area contributed by atoms with Crippen LogP contribution in [0.2, 0.25) is 5.02 Å². The summed E-state index contributed by atoms with van der Waals surface area (Å²) in [6, 6.07) is 15.5. The monoisotopic (exact) mass is 536 g/mol. The first-order chi connectivity index (χ1) is 15.3. The van der Waals surface area contributed by atoms with Crippen molar-refractivity contribution in [2.45, 2.75) is 20.2 Å². The van der Waals surface area contributed by atoms with E-state index < -0.39 is 22.0 Å². The predicted molar refractivity (Wildman–Crippen MR) is 123 cm³/mol. The largest absolute Gasteiger partial charge is 0.490 e. The fraction of sp³-hybridized carbons (Fsp3) is 0.100. The molecule has 6 nitrogen and oxygen atoms in total. The molecule has 0 saturated heterocycles. The first kappa shape index (κ1) is 26.7. The van der Waals surface area contributed by atoms with E-state index in [1.807, 2.05) is 24.3 Å². The minimum absolute atomic E-state index is 0.142. The fourth-order valence-electron chi connectivity index (χ4n) is 2.47. The number of nitrogens with two attached hydrogens (primary N) is 1. The molecule has 176 valence electrons. The van der Waals surface area contributed by atoms with E-state index in [0.29, 0.717) is 14.1 Å². The zero-order valence-electron chi connectivity index (χ0n) is 16.7. The van der Waals surface area contributed by atoms with Gasteiger partial charge in [-0.05, 0) is 36.1 Å². The molecule has 0 aliphatic carbocycles. The first-order valence-electron chi connectivity index (χ1n) is 8.71. The van der Waals surface area contributed by atoms with E-state index in [1.165, 1.54) is 29.2 Å². The molecule has 1 aromatic heterocycles. The molecular weight excluding hydrogens is 521 g/mol. The summed E-state index contributed by atoms with van der Waals surface area (Å²) in [7, 11) is -3.74. The normalized spacial score (nSPS) is 11.4. The van der Waals surface area contributed by atoms with Gasteiger partial charge in [-0.15, -0.1) is 23.1 Å². The third-order valence-corrected chi connectivity index (χ3v) is 8.65. The van der Waals surface area contributed by atoms with Crippen molar-refractivity contribution < 1.29 is 31.5 Å². The van der Waals surface area contributed by atoms with Gasteiger partial charge in [0.05, 0.1) is 18.9 Å². The Balaban J connectivity index is 0.000000479. The quantitative estimate of drug-likeness (QED) is 0.223. The fourth-order valence-corrected chi connectivity index (χ4v) is 6.62. The summed E-state index contributed by atoms with van der Waals surface area (Å²) in [6.45, 7) is 0. The van der Waals surface area contributed by atoms with Crippen LogP contribution in [-0.2, 0) is 14.6 Å². The van der Waals surface area contributed by atoms with Crippen molar-refractivity contribution in [2.75, 3.05) is 6.26 Å². The van der Waals surface area contributed by atoms with Crippen LogP contribution in [0.3, 0.4) is 0 Å². The Morgan fingerprint density at radius 3 is 2.27 bits per heavy atom. The molecule has 0 aliphatic rings. The molecule has 0 unspecified atom stereocenters. The molecule has 4 N–H and O–H groups in total. The van der Waals surface area contributed by atoms with Gasteiger partial charge >= 0.3 is 12.1 Å². The lowest BCUT2D eigenvalue weighted by atomic mass is 10.1. The van der Waals surface area contributed by atoms with E-state index in [2.05, 4.69) is 0 Å². The summed E-state index contributed by atoms with van der Waals surface area (Å²) in [5, 5.41) is 15.3. The summed E-state index contributed by atoms with van der Waals surface area (Å²) in [5.41, 5.74) is 7.02. The van der Waals surface area contributed by atoms with Gasteiger partial charge in [-0.25, -0.2) is 13.2 Å². The average Bonchev–Trinajstić information content (AvgIpc) is 3.20. The molecular formula is C20H16ClF3N2O4S3. The zero-order chi connectivity index (χ0) is 25.0. The maximum atomic E-state index is 13.2. The standard InChI is InChI=1S/C18H15ClN2O2S3.C2HF3O2/c1-24-18-16(10-15(25-18)17(20)21)26(22,23)12-6-4-5-11(9-12)13-7-2-3-8-14(13)19;3-2(4,5)1(6)7/h2-10H,1H3,(H3,20,21);(H,6,7). The topological polar surface area (TPSA) is 121 Å². The number of sulfone groups is 1. The van der Waals surface area contributed by atoms with Gasteiger partial charge in [-0.3, -0.25) is 5.41 Å². The number of halogens is 4. The Bertz CT molecular complexity index is 1290. The van der Waals surface area contributed by atoms with Crippen molar-refractivity contribution in [1.29, 1.82) is 5.41 Å². The molecule has 0 bridgehead atoms. The van der Waals surface area contributed by atoms with Crippen molar-refractivity contribution in [3.8, 4) is 11.1 Å². The number of carboxylic acids is 1. The number of carbonyl (C=O) groups is 1. The molecule has 3 aromatic rings. The smallest absolute Gasteiger partial charge is 0.475 e. The molecule has 13 heteroatoms. The van der Waals surface area contributed by atoms with Crippen LogP contribution in [0.5, 0.6) is 0 Å². The highest BCUT2D eigenvalue weighted by Crippen LogP contribution is 2.38. The molecule has 2 aromatic carbocycles. The van der Waals surface area contributed by atoms with Crippen LogP contribution in [0.15, 0.2) is 68.6 Å². The molecule has 0 fully saturated rings. The average molecular weight is 537 g/mol. The SMILES string of the molecule is CSc1sc(C(=N)N)cc1S(=O)(=O)c1cccc(-c2ccccc2Cl)c1.O=C(O)C(F)(F)F. The van der Waals surface area contributed by atoms with E-state index in [9.17, 15) is 21.6 Å². The van der Waals surface area contributed by atoms with Gasteiger partial charge in [0.15, 0.2) is 0 Å². The number of thioether (sulfide) groups is 1. The Kier molecular flexibility index (Phi) is 8.57. The van der Waals surface area contributed by atoms with Crippen LogP contribution in [0, 0.1) is 5.41 Å². The maximum absolute atomic E-state index is 13.2. The van der Waals surface area contributed by atoms with Gasteiger partial charge < -0.3 is 10.8 Å². The van der Waals surface area contributed by atoms with Crippen molar-refractivity contribution in [1.82, 2.24) is 0 Å². The summed E-state index contributed by atoms with van der Waals surface area (Å²) in [6.07, 6.45) is -3.28. The van der Waals surface area contributed by atoms with E-state index in [1.54, 1.807) is 30.5 Å². The maximum Gasteiger partial charge on any atom is 0.490 e. The first-order valence-corrected chi connectivity index (χ1v) is 12.6. The number of alkyl halides is 3. The van der Waals surface area contributed by atoms with Gasteiger partial charge in [0, 0.05) is 10.6 Å². The number of carboxylic acid groups (broad SMARTS) is 1. The molecule has 33 heavy (non-hydrogen) atoms. The second kappa shape index (κ2) is 10.6. The number of amidine groups is 1. The third-order valence-electron chi connectivity index (χ3n) is 3.98. The van der Waals surface area contributed by atoms with Crippen LogP contribution < -0.4 is 5.73 Å². The van der Waals surface area contributed by atoms with Gasteiger partial charge in [0.2, 0.25) is 9.84 Å². The van der Waals surface area contributed by atoms with Crippen LogP contribution in [0.4, 0.5) is 13.2 Å². The molecule has 0 aliphatic heterocycles. The lowest BCUT2D eigenvalue weighted by Gasteiger charge is -2.08. The van der Waals surface area contributed by atoms with E-state index >= 15 is 0 Å². The van der Waals surface area contributed by atoms with E-state index in [-0.39, 0.29) is 15.6 Å². The Morgan fingerprint density at radius 2 is 1.76 bits per heavy atom. The lowest BCUT2D eigenvalue weighted by molar-refractivity contribution is -0.192. The number of benzene rings is 2. The van der Waals surface area contributed by atoms with Crippen molar-refractivity contribution in [2.24, 2.45) is 5.73 Å². The second-order valence-electron chi connectivity index (χ2n) is 6.19. The number of aliphatic carboxylic acids is 1. The van der Waals surface area contributed by atoms with Gasteiger partial charge in [-0.1, -0.05) is 41.9 Å². The number of thiophene rings is 1. The van der Waals surface area contributed by atoms with Gasteiger partial charge in [-0.2, -0.15) is 13.2 Å². The Labute approximate surface area is 200 Å². The van der Waals surface area contributed by atoms with Crippen molar-refractivity contribution in [3.63, 3.8) is 0 Å². The third kappa shape index (κ3) is 6.50. The summed E-state index contributed by atoms with van der Waals surface area (Å²) >= 11 is 8.77. The molecule has 0 radical (unpaired) electrons. The molecule has 1 heterocycles. The van der Waals surface area contributed by atoms with Crippen molar-refractivity contribution in [3.05, 3.63) is 64.5 Å². The molecule has 0 spiro atoms. The van der Waals surface area contributed by atoms with Crippen LogP contribution in [0.1, 0.15) is 4.88 Å². The number of hydrogen-bond acceptors (Lipinski definition) is 6. The number of hydrogen-bond donors (Lipinski definition) is 3. The van der Waals surface area contributed by atoms with Crippen LogP contribution in [0.25, 0.3) is 11.1 Å². The van der Waals surface area contributed by atoms with Gasteiger partial charge in [0.25, 0.3) is 0 Å². The van der Waals surface area contributed by atoms with Crippen LogP contribution >= 0.6 is 34.7 Å². The molecule has 0 atom stereocenters. The number of nitrogens with one attached hydrogen (secondary N) is 1. The number of rotatable bonds is 5. The molecule has 3 rings (SSSR count). The number of nitrogen functional groups attached to an aromatic ring is 1. The van der Waals surface area contributed by atoms with E-state index in [0.717, 1.165) is 11.1 Å². The minimum atomic E-state index is -5.08. The Morgan fingerprint density at radius 1 is 1.15 bits per heavy atom. The highest BCUT2D eigenvalue weighted by molar-refractivity contribution is 8.01. The van der Waals surface area contributed by atoms with Crippen molar-refractivity contribution >= 4 is 56.3 Å². The minimum Gasteiger partial charge on any atom is -0.475 e. The Hall–Kier alpha value is -2.54.